The second-order valence-corrected chi connectivity index (χ2v) is 6.12. The van der Waals surface area contributed by atoms with Crippen LogP contribution in [0.1, 0.15) is 16.1 Å². The summed E-state index contributed by atoms with van der Waals surface area (Å²) in [4.78, 5) is 12.1. The van der Waals surface area contributed by atoms with Gasteiger partial charge in [0.15, 0.2) is 11.5 Å². The standard InChI is InChI=1S/C18H14Cl2N4O/c19-13-6-4-12(5-7-13)11-21-18(25)16-8-9-17(24-23-16)22-15-3-1-2-14(20)10-15/h1-10H,11H2,(H,21,25)(H,22,24). The van der Waals surface area contributed by atoms with Gasteiger partial charge in [-0.3, -0.25) is 4.79 Å². The number of benzene rings is 2. The summed E-state index contributed by atoms with van der Waals surface area (Å²) in [6.45, 7) is 0.389. The van der Waals surface area contributed by atoms with E-state index >= 15 is 0 Å². The van der Waals surface area contributed by atoms with Gasteiger partial charge in [0.25, 0.3) is 5.91 Å². The quantitative estimate of drug-likeness (QED) is 0.693. The minimum Gasteiger partial charge on any atom is -0.347 e. The summed E-state index contributed by atoms with van der Waals surface area (Å²) in [6, 6.07) is 17.8. The molecule has 0 saturated heterocycles. The van der Waals surface area contributed by atoms with Crippen LogP contribution in [-0.2, 0) is 6.54 Å². The van der Waals surface area contributed by atoms with Gasteiger partial charge in [0, 0.05) is 22.3 Å². The van der Waals surface area contributed by atoms with Crippen molar-refractivity contribution in [2.24, 2.45) is 0 Å². The Bertz CT molecular complexity index is 867. The van der Waals surface area contributed by atoms with Gasteiger partial charge in [0.1, 0.15) is 0 Å². The fraction of sp³-hybridized carbons (Fsp3) is 0.0556. The molecule has 5 nitrogen and oxygen atoms in total. The molecule has 0 aliphatic rings. The van der Waals surface area contributed by atoms with Crippen molar-refractivity contribution in [1.82, 2.24) is 15.5 Å². The van der Waals surface area contributed by atoms with E-state index < -0.39 is 0 Å². The summed E-state index contributed by atoms with van der Waals surface area (Å²) in [5.74, 6) is 0.230. The van der Waals surface area contributed by atoms with E-state index in [0.29, 0.717) is 22.4 Å². The van der Waals surface area contributed by atoms with Crippen LogP contribution in [0.2, 0.25) is 10.0 Å². The van der Waals surface area contributed by atoms with E-state index in [-0.39, 0.29) is 11.6 Å². The largest absolute Gasteiger partial charge is 0.347 e. The van der Waals surface area contributed by atoms with Gasteiger partial charge >= 0.3 is 0 Å². The summed E-state index contributed by atoms with van der Waals surface area (Å²) < 4.78 is 0. The zero-order valence-corrected chi connectivity index (χ0v) is 14.6. The zero-order chi connectivity index (χ0) is 17.6. The van der Waals surface area contributed by atoms with Gasteiger partial charge in [-0.2, -0.15) is 0 Å². The van der Waals surface area contributed by atoms with Crippen molar-refractivity contribution in [3.8, 4) is 0 Å². The Balaban J connectivity index is 1.59. The third kappa shape index (κ3) is 4.92. The van der Waals surface area contributed by atoms with Gasteiger partial charge in [-0.15, -0.1) is 10.2 Å². The number of amides is 1. The molecule has 0 spiro atoms. The van der Waals surface area contributed by atoms with Crippen molar-refractivity contribution < 1.29 is 4.79 Å². The molecule has 0 bridgehead atoms. The molecule has 25 heavy (non-hydrogen) atoms. The van der Waals surface area contributed by atoms with E-state index in [0.717, 1.165) is 11.3 Å². The normalized spacial score (nSPS) is 10.3. The van der Waals surface area contributed by atoms with Crippen LogP contribution < -0.4 is 10.6 Å². The molecule has 1 amide bonds. The topological polar surface area (TPSA) is 66.9 Å². The van der Waals surface area contributed by atoms with Gasteiger partial charge < -0.3 is 10.6 Å². The predicted octanol–water partition coefficient (Wildman–Crippen LogP) is 4.46. The number of halogens is 2. The van der Waals surface area contributed by atoms with E-state index in [1.54, 1.807) is 36.4 Å². The van der Waals surface area contributed by atoms with Crippen LogP contribution in [0.5, 0.6) is 0 Å². The molecule has 1 aromatic heterocycles. The van der Waals surface area contributed by atoms with Crippen molar-refractivity contribution in [2.75, 3.05) is 5.32 Å². The Hall–Kier alpha value is -2.63. The Morgan fingerprint density at radius 3 is 2.40 bits per heavy atom. The van der Waals surface area contributed by atoms with E-state index in [1.807, 2.05) is 24.3 Å². The average molecular weight is 373 g/mol. The molecule has 2 aromatic carbocycles. The first kappa shape index (κ1) is 17.2. The minimum atomic E-state index is -0.295. The molecule has 3 aromatic rings. The number of hydrogen-bond acceptors (Lipinski definition) is 4. The van der Waals surface area contributed by atoms with Crippen molar-refractivity contribution >= 4 is 40.6 Å². The maximum absolute atomic E-state index is 12.1. The minimum absolute atomic E-state index is 0.241. The highest BCUT2D eigenvalue weighted by molar-refractivity contribution is 6.31. The lowest BCUT2D eigenvalue weighted by Crippen LogP contribution is -2.24. The van der Waals surface area contributed by atoms with Crippen LogP contribution in [0.25, 0.3) is 0 Å². The summed E-state index contributed by atoms with van der Waals surface area (Å²) in [5, 5.41) is 15.1. The Kier molecular flexibility index (Phi) is 5.48. The third-order valence-corrected chi connectivity index (χ3v) is 3.85. The average Bonchev–Trinajstić information content (AvgIpc) is 2.62. The maximum atomic E-state index is 12.1. The highest BCUT2D eigenvalue weighted by atomic mass is 35.5. The van der Waals surface area contributed by atoms with E-state index in [1.165, 1.54) is 0 Å². The molecule has 0 saturated carbocycles. The van der Waals surface area contributed by atoms with Crippen LogP contribution in [0.15, 0.2) is 60.7 Å². The number of rotatable bonds is 5. The Morgan fingerprint density at radius 1 is 0.920 bits per heavy atom. The Morgan fingerprint density at radius 2 is 1.72 bits per heavy atom. The molecule has 2 N–H and O–H groups in total. The molecule has 0 fully saturated rings. The first-order chi connectivity index (χ1) is 12.1. The van der Waals surface area contributed by atoms with Crippen LogP contribution in [-0.4, -0.2) is 16.1 Å². The smallest absolute Gasteiger partial charge is 0.272 e. The van der Waals surface area contributed by atoms with Crippen molar-refractivity contribution in [2.45, 2.75) is 6.54 Å². The van der Waals surface area contributed by atoms with E-state index in [4.69, 9.17) is 23.2 Å². The summed E-state index contributed by atoms with van der Waals surface area (Å²) >= 11 is 11.8. The number of hydrogen-bond donors (Lipinski definition) is 2. The summed E-state index contributed by atoms with van der Waals surface area (Å²) in [7, 11) is 0. The molecule has 0 atom stereocenters. The lowest BCUT2D eigenvalue weighted by Gasteiger charge is -2.07. The molecule has 1 heterocycles. The van der Waals surface area contributed by atoms with Gasteiger partial charge in [0.2, 0.25) is 0 Å². The second-order valence-electron chi connectivity index (χ2n) is 5.25. The number of anilines is 2. The molecule has 0 radical (unpaired) electrons. The first-order valence-corrected chi connectivity index (χ1v) is 8.25. The number of nitrogens with one attached hydrogen (secondary N) is 2. The molecule has 0 aliphatic carbocycles. The molecule has 0 aliphatic heterocycles. The molecule has 7 heteroatoms. The van der Waals surface area contributed by atoms with Crippen molar-refractivity contribution in [1.29, 1.82) is 0 Å². The monoisotopic (exact) mass is 372 g/mol. The van der Waals surface area contributed by atoms with E-state index in [9.17, 15) is 4.79 Å². The second kappa shape index (κ2) is 7.96. The summed E-state index contributed by atoms with van der Waals surface area (Å²) in [5.41, 5.74) is 1.98. The van der Waals surface area contributed by atoms with E-state index in [2.05, 4.69) is 20.8 Å². The molecule has 3 rings (SSSR count). The van der Waals surface area contributed by atoms with Crippen LogP contribution in [0.4, 0.5) is 11.5 Å². The zero-order valence-electron chi connectivity index (χ0n) is 13.0. The SMILES string of the molecule is O=C(NCc1ccc(Cl)cc1)c1ccc(Nc2cccc(Cl)c2)nn1. The number of aromatic nitrogens is 2. The third-order valence-electron chi connectivity index (χ3n) is 3.36. The van der Waals surface area contributed by atoms with Gasteiger partial charge in [0.05, 0.1) is 0 Å². The molecular weight excluding hydrogens is 359 g/mol. The van der Waals surface area contributed by atoms with Gasteiger partial charge in [-0.1, -0.05) is 41.4 Å². The van der Waals surface area contributed by atoms with Crippen LogP contribution in [0.3, 0.4) is 0 Å². The molecule has 0 unspecified atom stereocenters. The van der Waals surface area contributed by atoms with Gasteiger partial charge in [-0.25, -0.2) is 0 Å². The lowest BCUT2D eigenvalue weighted by atomic mass is 10.2. The highest BCUT2D eigenvalue weighted by Gasteiger charge is 2.08. The number of carbonyl (C=O) groups is 1. The van der Waals surface area contributed by atoms with Crippen LogP contribution >= 0.6 is 23.2 Å². The fourth-order valence-corrected chi connectivity index (χ4v) is 2.43. The van der Waals surface area contributed by atoms with Crippen molar-refractivity contribution in [3.63, 3.8) is 0 Å². The fourth-order valence-electron chi connectivity index (χ4n) is 2.11. The number of nitrogens with zero attached hydrogens (tertiary/aromatic N) is 2. The molecule has 126 valence electrons. The first-order valence-electron chi connectivity index (χ1n) is 7.49. The lowest BCUT2D eigenvalue weighted by molar-refractivity contribution is 0.0945. The number of carbonyl (C=O) groups excluding carboxylic acids is 1. The van der Waals surface area contributed by atoms with Gasteiger partial charge in [-0.05, 0) is 48.0 Å². The summed E-state index contributed by atoms with van der Waals surface area (Å²) in [6.07, 6.45) is 0. The maximum Gasteiger partial charge on any atom is 0.272 e. The van der Waals surface area contributed by atoms with Crippen molar-refractivity contribution in [3.05, 3.63) is 82.0 Å². The Labute approximate surface area is 155 Å². The van der Waals surface area contributed by atoms with Crippen LogP contribution in [0, 0.1) is 0 Å². The molecular formula is C18H14Cl2N4O. The highest BCUT2D eigenvalue weighted by Crippen LogP contribution is 2.18. The predicted molar refractivity (Wildman–Crippen MR) is 99.4 cm³/mol.